The number of halogens is 1. The molecule has 0 aliphatic rings. The van der Waals surface area contributed by atoms with E-state index in [1.54, 1.807) is 25.4 Å². The molecule has 0 aliphatic carbocycles. The van der Waals surface area contributed by atoms with Gasteiger partial charge in [0.05, 0.1) is 9.37 Å². The lowest BCUT2D eigenvalue weighted by atomic mass is 10.3. The van der Waals surface area contributed by atoms with Crippen molar-refractivity contribution in [2.75, 3.05) is 24.5 Å². The molecule has 0 spiro atoms. The van der Waals surface area contributed by atoms with Crippen LogP contribution in [-0.4, -0.2) is 32.2 Å². The lowest BCUT2D eigenvalue weighted by Crippen LogP contribution is -2.12. The molecule has 0 fully saturated rings. The summed E-state index contributed by atoms with van der Waals surface area (Å²) in [5.41, 5.74) is 0.632. The van der Waals surface area contributed by atoms with Gasteiger partial charge in [-0.25, -0.2) is 18.5 Å². The van der Waals surface area contributed by atoms with Crippen LogP contribution in [0.1, 0.15) is 0 Å². The molecular weight excluding hydrogens is 374 g/mol. The molecule has 1 heterocycles. The van der Waals surface area contributed by atoms with E-state index < -0.39 is 10.0 Å². The first-order valence-corrected chi connectivity index (χ1v) is 8.39. The Morgan fingerprint density at radius 2 is 2.00 bits per heavy atom. The number of benzene rings is 1. The van der Waals surface area contributed by atoms with Gasteiger partial charge in [0.15, 0.2) is 0 Å². The van der Waals surface area contributed by atoms with E-state index in [9.17, 15) is 8.42 Å². The van der Waals surface area contributed by atoms with Crippen LogP contribution in [0.3, 0.4) is 0 Å². The highest BCUT2D eigenvalue weighted by molar-refractivity contribution is 9.10. The van der Waals surface area contributed by atoms with Crippen LogP contribution >= 0.6 is 15.9 Å². The highest BCUT2D eigenvalue weighted by Gasteiger charge is 2.08. The third kappa shape index (κ3) is 4.37. The van der Waals surface area contributed by atoms with Crippen molar-refractivity contribution in [3.05, 3.63) is 34.9 Å². The molecule has 0 saturated carbocycles. The van der Waals surface area contributed by atoms with Crippen molar-refractivity contribution < 1.29 is 13.2 Å². The van der Waals surface area contributed by atoms with Gasteiger partial charge in [-0.05, 0) is 40.2 Å². The lowest BCUT2D eigenvalue weighted by Gasteiger charge is -2.09. The van der Waals surface area contributed by atoms with E-state index in [0.29, 0.717) is 28.7 Å². The predicted octanol–water partition coefficient (Wildman–Crippen LogP) is 1.65. The van der Waals surface area contributed by atoms with Crippen LogP contribution in [0.15, 0.2) is 39.8 Å². The van der Waals surface area contributed by atoms with Crippen molar-refractivity contribution in [3.63, 3.8) is 0 Å². The summed E-state index contributed by atoms with van der Waals surface area (Å²) in [5, 5.41) is 11.0. The monoisotopic (exact) mass is 387 g/mol. The molecule has 0 bridgehead atoms. The summed E-state index contributed by atoms with van der Waals surface area (Å²) in [7, 11) is -2.14. The third-order valence-corrected chi connectivity index (χ3v) is 4.08. The van der Waals surface area contributed by atoms with Crippen LogP contribution < -0.4 is 15.8 Å². The minimum atomic E-state index is -3.70. The Morgan fingerprint density at radius 3 is 2.59 bits per heavy atom. The first-order chi connectivity index (χ1) is 10.4. The molecule has 0 atom stereocenters. The zero-order valence-electron chi connectivity index (χ0n) is 11.6. The van der Waals surface area contributed by atoms with Crippen LogP contribution in [0, 0.1) is 0 Å². The van der Waals surface area contributed by atoms with E-state index in [2.05, 4.69) is 36.5 Å². The molecule has 22 heavy (non-hydrogen) atoms. The van der Waals surface area contributed by atoms with E-state index in [-0.39, 0.29) is 4.90 Å². The number of ether oxygens (including phenoxy) is 1. The number of aromatic nitrogens is 2. The van der Waals surface area contributed by atoms with Gasteiger partial charge in [0.25, 0.3) is 0 Å². The van der Waals surface area contributed by atoms with E-state index in [1.807, 2.05) is 0 Å². The molecule has 1 aromatic carbocycles. The van der Waals surface area contributed by atoms with E-state index >= 15 is 0 Å². The molecule has 0 unspecified atom stereocenters. The maximum absolute atomic E-state index is 11.2. The minimum absolute atomic E-state index is 0.0391. The number of nitrogens with two attached hydrogens (primary N) is 1. The Kier molecular flexibility index (Phi) is 5.29. The fraction of sp³-hybridized carbons (Fsp3) is 0.167. The Balaban J connectivity index is 2.16. The average Bonchev–Trinajstić information content (AvgIpc) is 2.47. The van der Waals surface area contributed by atoms with Crippen molar-refractivity contribution in [1.29, 1.82) is 0 Å². The van der Waals surface area contributed by atoms with Gasteiger partial charge in [-0.2, -0.15) is 4.98 Å². The van der Waals surface area contributed by atoms with Gasteiger partial charge in [0, 0.05) is 19.0 Å². The van der Waals surface area contributed by atoms with Crippen molar-refractivity contribution in [1.82, 2.24) is 9.97 Å². The SMILES string of the molecule is COCNc1nc(Nc2ccc(S(N)(=O)=O)cc2)ncc1Br. The highest BCUT2D eigenvalue weighted by Crippen LogP contribution is 2.22. The number of nitrogens with one attached hydrogen (secondary N) is 2. The Hall–Kier alpha value is -1.75. The van der Waals surface area contributed by atoms with Gasteiger partial charge < -0.3 is 15.4 Å². The second kappa shape index (κ2) is 7.01. The summed E-state index contributed by atoms with van der Waals surface area (Å²) >= 11 is 3.33. The molecule has 0 radical (unpaired) electrons. The topological polar surface area (TPSA) is 119 Å². The number of rotatable bonds is 6. The molecule has 0 amide bonds. The Labute approximate surface area is 136 Å². The van der Waals surface area contributed by atoms with Crippen LogP contribution in [-0.2, 0) is 14.8 Å². The van der Waals surface area contributed by atoms with Crippen LogP contribution in [0.25, 0.3) is 0 Å². The van der Waals surface area contributed by atoms with Crippen LogP contribution in [0.2, 0.25) is 0 Å². The molecule has 1 aromatic heterocycles. The minimum Gasteiger partial charge on any atom is -0.365 e. The summed E-state index contributed by atoms with van der Waals surface area (Å²) in [6.45, 7) is 0.304. The number of methoxy groups -OCH3 is 1. The number of sulfonamides is 1. The predicted molar refractivity (Wildman–Crippen MR) is 86.3 cm³/mol. The maximum atomic E-state index is 11.2. The number of hydrogen-bond donors (Lipinski definition) is 3. The molecule has 2 rings (SSSR count). The Morgan fingerprint density at radius 1 is 1.32 bits per heavy atom. The number of anilines is 3. The molecule has 8 nitrogen and oxygen atoms in total. The summed E-state index contributed by atoms with van der Waals surface area (Å²) in [5.74, 6) is 0.922. The highest BCUT2D eigenvalue weighted by atomic mass is 79.9. The molecule has 0 saturated heterocycles. The molecule has 0 aliphatic heterocycles. The fourth-order valence-corrected chi connectivity index (χ4v) is 2.40. The van der Waals surface area contributed by atoms with Crippen LogP contribution in [0.4, 0.5) is 17.5 Å². The second-order valence-electron chi connectivity index (χ2n) is 4.19. The molecule has 118 valence electrons. The quantitative estimate of drug-likeness (QED) is 0.644. The fourth-order valence-electron chi connectivity index (χ4n) is 1.55. The number of hydrogen-bond acceptors (Lipinski definition) is 7. The van der Waals surface area contributed by atoms with Gasteiger partial charge >= 0.3 is 0 Å². The number of nitrogens with zero attached hydrogens (tertiary/aromatic N) is 2. The van der Waals surface area contributed by atoms with Gasteiger partial charge in [0.2, 0.25) is 16.0 Å². The van der Waals surface area contributed by atoms with Gasteiger partial charge in [-0.3, -0.25) is 0 Å². The largest absolute Gasteiger partial charge is 0.365 e. The van der Waals surface area contributed by atoms with Crippen molar-refractivity contribution in [3.8, 4) is 0 Å². The standard InChI is InChI=1S/C12H14BrN5O3S/c1-21-7-16-11-10(13)6-15-12(18-11)17-8-2-4-9(5-3-8)22(14,19)20/h2-6H,7H2,1H3,(H2,14,19,20)(H2,15,16,17,18). The molecule has 2 aromatic rings. The third-order valence-electron chi connectivity index (χ3n) is 2.57. The molecular formula is C12H14BrN5O3S. The Bertz CT molecular complexity index is 752. The maximum Gasteiger partial charge on any atom is 0.238 e. The molecule has 10 heteroatoms. The zero-order valence-corrected chi connectivity index (χ0v) is 14.0. The van der Waals surface area contributed by atoms with Crippen molar-refractivity contribution in [2.45, 2.75) is 4.90 Å². The smallest absolute Gasteiger partial charge is 0.238 e. The van der Waals surface area contributed by atoms with Crippen molar-refractivity contribution in [2.24, 2.45) is 5.14 Å². The van der Waals surface area contributed by atoms with E-state index in [4.69, 9.17) is 9.88 Å². The second-order valence-corrected chi connectivity index (χ2v) is 6.61. The summed E-state index contributed by atoms with van der Waals surface area (Å²) in [4.78, 5) is 8.43. The summed E-state index contributed by atoms with van der Waals surface area (Å²) in [6, 6.07) is 5.96. The first kappa shape index (κ1) is 16.6. The summed E-state index contributed by atoms with van der Waals surface area (Å²) < 4.78 is 28.0. The van der Waals surface area contributed by atoms with Gasteiger partial charge in [-0.1, -0.05) is 0 Å². The first-order valence-electron chi connectivity index (χ1n) is 6.05. The van der Waals surface area contributed by atoms with E-state index in [1.165, 1.54) is 12.1 Å². The van der Waals surface area contributed by atoms with Gasteiger partial charge in [-0.15, -0.1) is 0 Å². The number of primary sulfonamides is 1. The lowest BCUT2D eigenvalue weighted by molar-refractivity contribution is 0.221. The zero-order chi connectivity index (χ0) is 16.2. The van der Waals surface area contributed by atoms with Gasteiger partial charge in [0.1, 0.15) is 12.5 Å². The average molecular weight is 388 g/mol. The summed E-state index contributed by atoms with van der Waals surface area (Å²) in [6.07, 6.45) is 1.59. The van der Waals surface area contributed by atoms with Crippen LogP contribution in [0.5, 0.6) is 0 Å². The normalized spacial score (nSPS) is 11.2. The van der Waals surface area contributed by atoms with E-state index in [0.717, 1.165) is 0 Å². The molecule has 4 N–H and O–H groups in total. The van der Waals surface area contributed by atoms with Crippen molar-refractivity contribution >= 4 is 43.4 Å².